The maximum Gasteiger partial charge on any atom is 0.220 e. The Labute approximate surface area is 137 Å². The van der Waals surface area contributed by atoms with E-state index in [4.69, 9.17) is 4.74 Å². The molecule has 2 rings (SSSR count). The van der Waals surface area contributed by atoms with E-state index in [-0.39, 0.29) is 23.7 Å². The monoisotopic (exact) mass is 324 g/mol. The van der Waals surface area contributed by atoms with Crippen LogP contribution in [-0.4, -0.2) is 48.2 Å². The van der Waals surface area contributed by atoms with Gasteiger partial charge in [0, 0.05) is 36.5 Å². The molecule has 0 unspecified atom stereocenters. The first-order valence-electron chi connectivity index (χ1n) is 8.06. The van der Waals surface area contributed by atoms with Gasteiger partial charge in [-0.15, -0.1) is 11.3 Å². The molecule has 1 saturated heterocycles. The zero-order valence-electron chi connectivity index (χ0n) is 14.1. The molecule has 1 aliphatic heterocycles. The van der Waals surface area contributed by atoms with Crippen LogP contribution in [0.2, 0.25) is 0 Å². The summed E-state index contributed by atoms with van der Waals surface area (Å²) in [5.74, 6) is 0.135. The second-order valence-electron chi connectivity index (χ2n) is 6.83. The van der Waals surface area contributed by atoms with Gasteiger partial charge >= 0.3 is 0 Å². The molecule has 2 heterocycles. The Hall–Kier alpha value is -0.910. The molecule has 1 aliphatic rings. The van der Waals surface area contributed by atoms with Crippen LogP contribution in [0.15, 0.2) is 17.5 Å². The van der Waals surface area contributed by atoms with Gasteiger partial charge in [-0.3, -0.25) is 9.69 Å². The molecular weight excluding hydrogens is 296 g/mol. The number of nitrogens with one attached hydrogen (secondary N) is 1. The molecule has 1 amide bonds. The summed E-state index contributed by atoms with van der Waals surface area (Å²) in [7, 11) is 0. The second-order valence-corrected chi connectivity index (χ2v) is 7.86. The smallest absolute Gasteiger partial charge is 0.220 e. The number of amides is 1. The number of hydrogen-bond acceptors (Lipinski definition) is 4. The quantitative estimate of drug-likeness (QED) is 0.875. The zero-order chi connectivity index (χ0) is 16.2. The minimum Gasteiger partial charge on any atom is -0.373 e. The van der Waals surface area contributed by atoms with E-state index in [1.165, 1.54) is 4.88 Å². The van der Waals surface area contributed by atoms with E-state index in [1.54, 1.807) is 11.3 Å². The van der Waals surface area contributed by atoms with Gasteiger partial charge in [0.25, 0.3) is 0 Å². The van der Waals surface area contributed by atoms with Gasteiger partial charge in [0.1, 0.15) is 0 Å². The third kappa shape index (κ3) is 5.07. The molecule has 1 aromatic rings. The van der Waals surface area contributed by atoms with Crippen molar-refractivity contribution < 1.29 is 9.53 Å². The van der Waals surface area contributed by atoms with Crippen LogP contribution in [0.1, 0.15) is 39.0 Å². The van der Waals surface area contributed by atoms with Gasteiger partial charge in [0.05, 0.1) is 12.2 Å². The minimum atomic E-state index is -0.0507. The van der Waals surface area contributed by atoms with E-state index >= 15 is 0 Å². The molecule has 0 bridgehead atoms. The number of hydrogen-bond donors (Lipinski definition) is 1. The van der Waals surface area contributed by atoms with Crippen molar-refractivity contribution in [1.82, 2.24) is 10.2 Å². The van der Waals surface area contributed by atoms with Crippen LogP contribution >= 0.6 is 11.3 Å². The second kappa shape index (κ2) is 7.57. The molecule has 22 heavy (non-hydrogen) atoms. The van der Waals surface area contributed by atoms with Crippen LogP contribution < -0.4 is 5.32 Å². The first-order chi connectivity index (χ1) is 10.4. The first kappa shape index (κ1) is 17.4. The Morgan fingerprint density at radius 3 is 2.68 bits per heavy atom. The van der Waals surface area contributed by atoms with Crippen molar-refractivity contribution in [2.45, 2.75) is 58.3 Å². The summed E-state index contributed by atoms with van der Waals surface area (Å²) in [4.78, 5) is 15.7. The summed E-state index contributed by atoms with van der Waals surface area (Å²) >= 11 is 1.71. The Bertz CT molecular complexity index is 463. The average Bonchev–Trinajstić information content (AvgIpc) is 2.95. The predicted molar refractivity (Wildman–Crippen MR) is 91.3 cm³/mol. The van der Waals surface area contributed by atoms with Crippen molar-refractivity contribution in [3.8, 4) is 0 Å². The normalized spacial score (nSPS) is 23.5. The van der Waals surface area contributed by atoms with Gasteiger partial charge in [-0.2, -0.15) is 0 Å². The summed E-state index contributed by atoms with van der Waals surface area (Å²) in [6.45, 7) is 11.1. The van der Waals surface area contributed by atoms with Gasteiger partial charge in [0.15, 0.2) is 0 Å². The van der Waals surface area contributed by atoms with Gasteiger partial charge in [0.2, 0.25) is 5.91 Å². The molecular formula is C17H28N2O2S. The lowest BCUT2D eigenvalue weighted by Gasteiger charge is -2.45. The molecule has 0 aromatic carbocycles. The number of nitrogens with zero attached hydrogens (tertiary/aromatic N) is 1. The number of carbonyl (C=O) groups is 1. The average molecular weight is 324 g/mol. The first-order valence-corrected chi connectivity index (χ1v) is 8.94. The molecule has 2 atom stereocenters. The van der Waals surface area contributed by atoms with Crippen molar-refractivity contribution >= 4 is 17.2 Å². The minimum absolute atomic E-state index is 0.0507. The number of morpholine rings is 1. The molecule has 0 aliphatic carbocycles. The topological polar surface area (TPSA) is 41.6 Å². The van der Waals surface area contributed by atoms with Crippen molar-refractivity contribution in [2.75, 3.05) is 19.6 Å². The third-order valence-electron chi connectivity index (χ3n) is 4.17. The highest BCUT2D eigenvalue weighted by Gasteiger charge is 2.33. The number of ether oxygens (including phenoxy) is 1. The SMILES string of the molecule is C[C@H]1CN(C(C)(C)CNC(=O)CCc2cccs2)C[C@H](C)O1. The number of rotatable bonds is 6. The van der Waals surface area contributed by atoms with Crippen molar-refractivity contribution in [2.24, 2.45) is 0 Å². The fourth-order valence-electron chi connectivity index (χ4n) is 2.88. The zero-order valence-corrected chi connectivity index (χ0v) is 14.9. The van der Waals surface area contributed by atoms with E-state index in [2.05, 4.69) is 49.4 Å². The van der Waals surface area contributed by atoms with E-state index < -0.39 is 0 Å². The highest BCUT2D eigenvalue weighted by molar-refractivity contribution is 7.09. The lowest BCUT2D eigenvalue weighted by Crippen LogP contribution is -2.58. The fraction of sp³-hybridized carbons (Fsp3) is 0.706. The van der Waals surface area contributed by atoms with Gasteiger partial charge in [-0.1, -0.05) is 6.07 Å². The van der Waals surface area contributed by atoms with E-state index in [9.17, 15) is 4.79 Å². The van der Waals surface area contributed by atoms with Gasteiger partial charge < -0.3 is 10.1 Å². The number of thiophene rings is 1. The molecule has 4 nitrogen and oxygen atoms in total. The largest absolute Gasteiger partial charge is 0.373 e. The van der Waals surface area contributed by atoms with Gasteiger partial charge in [-0.05, 0) is 45.6 Å². The molecule has 5 heteroatoms. The van der Waals surface area contributed by atoms with E-state index in [1.807, 2.05) is 6.07 Å². The lowest BCUT2D eigenvalue weighted by molar-refractivity contribution is -0.122. The number of aryl methyl sites for hydroxylation is 1. The summed E-state index contributed by atoms with van der Waals surface area (Å²) in [6.07, 6.45) is 1.89. The Morgan fingerprint density at radius 2 is 2.09 bits per heavy atom. The fourth-order valence-corrected chi connectivity index (χ4v) is 3.59. The van der Waals surface area contributed by atoms with Crippen LogP contribution in [0.25, 0.3) is 0 Å². The van der Waals surface area contributed by atoms with Crippen LogP contribution in [0, 0.1) is 0 Å². The summed E-state index contributed by atoms with van der Waals surface area (Å²) in [5.41, 5.74) is -0.0507. The van der Waals surface area contributed by atoms with E-state index in [0.29, 0.717) is 13.0 Å². The highest BCUT2D eigenvalue weighted by Crippen LogP contribution is 2.20. The number of carbonyl (C=O) groups excluding carboxylic acids is 1. The lowest BCUT2D eigenvalue weighted by atomic mass is 10.00. The molecule has 124 valence electrons. The van der Waals surface area contributed by atoms with Crippen LogP contribution in [0.3, 0.4) is 0 Å². The predicted octanol–water partition coefficient (Wildman–Crippen LogP) is 2.68. The Morgan fingerprint density at radius 1 is 1.41 bits per heavy atom. The third-order valence-corrected chi connectivity index (χ3v) is 5.11. The maximum atomic E-state index is 12.0. The standard InChI is InChI=1S/C17H28N2O2S/c1-13-10-19(11-14(2)21-13)17(3,4)12-18-16(20)8-7-15-6-5-9-22-15/h5-6,9,13-14H,7-8,10-12H2,1-4H3,(H,18,20)/t13-,14-/m0/s1. The van der Waals surface area contributed by atoms with Gasteiger partial charge in [-0.25, -0.2) is 0 Å². The maximum absolute atomic E-state index is 12.0. The summed E-state index contributed by atoms with van der Waals surface area (Å²) in [5, 5.41) is 5.15. The van der Waals surface area contributed by atoms with Crippen molar-refractivity contribution in [3.05, 3.63) is 22.4 Å². The molecule has 1 fully saturated rings. The molecule has 0 radical (unpaired) electrons. The summed E-state index contributed by atoms with van der Waals surface area (Å²) in [6, 6.07) is 4.11. The molecule has 0 saturated carbocycles. The van der Waals surface area contributed by atoms with Crippen LogP contribution in [0.4, 0.5) is 0 Å². The molecule has 0 spiro atoms. The Kier molecular flexibility index (Phi) is 6.01. The van der Waals surface area contributed by atoms with Crippen LogP contribution in [0.5, 0.6) is 0 Å². The molecule has 1 N–H and O–H groups in total. The van der Waals surface area contributed by atoms with Crippen molar-refractivity contribution in [3.63, 3.8) is 0 Å². The highest BCUT2D eigenvalue weighted by atomic mass is 32.1. The molecule has 1 aromatic heterocycles. The summed E-state index contributed by atoms with van der Waals surface area (Å²) < 4.78 is 5.79. The van der Waals surface area contributed by atoms with Crippen molar-refractivity contribution in [1.29, 1.82) is 0 Å². The van der Waals surface area contributed by atoms with Crippen LogP contribution in [-0.2, 0) is 16.0 Å². The Balaban J connectivity index is 1.77. The van der Waals surface area contributed by atoms with E-state index in [0.717, 1.165) is 19.5 Å².